The molecule has 3 heteroatoms. The second-order valence-electron chi connectivity index (χ2n) is 2.94. The smallest absolute Gasteiger partial charge is 0.129 e. The molecule has 0 saturated heterocycles. The molecule has 1 N–H and O–H groups in total. The van der Waals surface area contributed by atoms with Gasteiger partial charge in [0, 0.05) is 22.8 Å². The molecule has 0 fully saturated rings. The van der Waals surface area contributed by atoms with Gasteiger partial charge in [-0.3, -0.25) is 0 Å². The minimum Gasteiger partial charge on any atom is -0.385 e. The SMILES string of the molecule is Fc1cc(Cl)cc2c1CCCN2. The van der Waals surface area contributed by atoms with E-state index in [0.29, 0.717) is 5.02 Å². The highest BCUT2D eigenvalue weighted by Gasteiger charge is 2.13. The van der Waals surface area contributed by atoms with Gasteiger partial charge >= 0.3 is 0 Å². The number of nitrogens with one attached hydrogen (secondary N) is 1. The maximum absolute atomic E-state index is 13.2. The second-order valence-corrected chi connectivity index (χ2v) is 3.38. The summed E-state index contributed by atoms with van der Waals surface area (Å²) in [6, 6.07) is 3.15. The van der Waals surface area contributed by atoms with Gasteiger partial charge in [-0.1, -0.05) is 11.6 Å². The van der Waals surface area contributed by atoms with E-state index in [-0.39, 0.29) is 5.82 Å². The van der Waals surface area contributed by atoms with Gasteiger partial charge in [-0.2, -0.15) is 0 Å². The molecule has 12 heavy (non-hydrogen) atoms. The number of hydrogen-bond donors (Lipinski definition) is 1. The van der Waals surface area contributed by atoms with E-state index in [1.807, 2.05) is 0 Å². The van der Waals surface area contributed by atoms with Crippen LogP contribution < -0.4 is 5.32 Å². The number of anilines is 1. The summed E-state index contributed by atoms with van der Waals surface area (Å²) < 4.78 is 13.2. The van der Waals surface area contributed by atoms with Gasteiger partial charge in [-0.25, -0.2) is 4.39 Å². The standard InChI is InChI=1S/C9H9ClFN/c10-6-4-8(11)7-2-1-3-12-9(7)5-6/h4-5,12H,1-3H2. The lowest BCUT2D eigenvalue weighted by Gasteiger charge is -2.18. The van der Waals surface area contributed by atoms with Crippen LogP contribution >= 0.6 is 11.6 Å². The normalized spacial score (nSPS) is 15.2. The average molecular weight is 186 g/mol. The lowest BCUT2D eigenvalue weighted by atomic mass is 10.0. The van der Waals surface area contributed by atoms with Crippen molar-refractivity contribution >= 4 is 17.3 Å². The molecule has 0 saturated carbocycles. The zero-order chi connectivity index (χ0) is 8.55. The molecule has 0 radical (unpaired) electrons. The molecule has 0 unspecified atom stereocenters. The number of halogens is 2. The Morgan fingerprint density at radius 1 is 1.42 bits per heavy atom. The van der Waals surface area contributed by atoms with Gasteiger partial charge in [0.05, 0.1) is 0 Å². The van der Waals surface area contributed by atoms with Crippen molar-refractivity contribution < 1.29 is 4.39 Å². The molecule has 0 atom stereocenters. The second kappa shape index (κ2) is 2.94. The average Bonchev–Trinajstić information content (AvgIpc) is 2.04. The quantitative estimate of drug-likeness (QED) is 0.656. The van der Waals surface area contributed by atoms with E-state index in [1.54, 1.807) is 6.07 Å². The lowest BCUT2D eigenvalue weighted by molar-refractivity contribution is 0.602. The van der Waals surface area contributed by atoms with Gasteiger partial charge in [-0.05, 0) is 25.0 Å². The van der Waals surface area contributed by atoms with E-state index in [0.717, 1.165) is 30.6 Å². The van der Waals surface area contributed by atoms with Crippen LogP contribution in [0.3, 0.4) is 0 Å². The number of rotatable bonds is 0. The summed E-state index contributed by atoms with van der Waals surface area (Å²) in [5, 5.41) is 3.58. The fourth-order valence-corrected chi connectivity index (χ4v) is 1.71. The Balaban J connectivity index is 2.53. The van der Waals surface area contributed by atoms with Crippen LogP contribution in [0.4, 0.5) is 10.1 Å². The van der Waals surface area contributed by atoms with Crippen molar-refractivity contribution in [3.63, 3.8) is 0 Å². The van der Waals surface area contributed by atoms with Crippen molar-refractivity contribution in [2.75, 3.05) is 11.9 Å². The fourth-order valence-electron chi connectivity index (χ4n) is 1.50. The van der Waals surface area contributed by atoms with E-state index in [2.05, 4.69) is 5.32 Å². The molecular weight excluding hydrogens is 177 g/mol. The number of hydrogen-bond acceptors (Lipinski definition) is 1. The highest BCUT2D eigenvalue weighted by Crippen LogP contribution is 2.27. The van der Waals surface area contributed by atoms with Crippen molar-refractivity contribution in [2.45, 2.75) is 12.8 Å². The third-order valence-electron chi connectivity index (χ3n) is 2.08. The van der Waals surface area contributed by atoms with E-state index < -0.39 is 0 Å². The molecule has 1 aromatic rings. The first kappa shape index (κ1) is 7.87. The van der Waals surface area contributed by atoms with E-state index in [4.69, 9.17) is 11.6 Å². The van der Waals surface area contributed by atoms with Crippen LogP contribution in [-0.4, -0.2) is 6.54 Å². The third-order valence-corrected chi connectivity index (χ3v) is 2.30. The van der Waals surface area contributed by atoms with Crippen molar-refractivity contribution in [1.29, 1.82) is 0 Å². The molecule has 1 aromatic carbocycles. The molecule has 2 rings (SSSR count). The molecule has 0 aliphatic carbocycles. The van der Waals surface area contributed by atoms with E-state index in [1.165, 1.54) is 6.07 Å². The summed E-state index contributed by atoms with van der Waals surface area (Å²) in [6.45, 7) is 0.910. The molecule has 1 heterocycles. The Morgan fingerprint density at radius 2 is 2.25 bits per heavy atom. The monoisotopic (exact) mass is 185 g/mol. The number of benzene rings is 1. The van der Waals surface area contributed by atoms with Crippen LogP contribution in [0.5, 0.6) is 0 Å². The predicted octanol–water partition coefficient (Wildman–Crippen LogP) is 2.84. The minimum absolute atomic E-state index is 0.190. The molecule has 0 aromatic heterocycles. The van der Waals surface area contributed by atoms with Gasteiger partial charge in [0.2, 0.25) is 0 Å². The summed E-state index contributed by atoms with van der Waals surface area (Å²) in [6.07, 6.45) is 1.80. The summed E-state index contributed by atoms with van der Waals surface area (Å²) in [7, 11) is 0. The molecular formula is C9H9ClFN. The molecule has 1 nitrogen and oxygen atoms in total. The van der Waals surface area contributed by atoms with Gasteiger partial charge in [0.25, 0.3) is 0 Å². The van der Waals surface area contributed by atoms with Crippen LogP contribution in [-0.2, 0) is 6.42 Å². The predicted molar refractivity (Wildman–Crippen MR) is 48.2 cm³/mol. The van der Waals surface area contributed by atoms with Crippen LogP contribution in [0.2, 0.25) is 5.02 Å². The zero-order valence-corrected chi connectivity index (χ0v) is 7.29. The highest BCUT2D eigenvalue weighted by molar-refractivity contribution is 6.30. The molecule has 0 spiro atoms. The summed E-state index contributed by atoms with van der Waals surface area (Å²) >= 11 is 5.70. The summed E-state index contributed by atoms with van der Waals surface area (Å²) in [5.74, 6) is -0.190. The Bertz CT molecular complexity index is 312. The van der Waals surface area contributed by atoms with E-state index in [9.17, 15) is 4.39 Å². The van der Waals surface area contributed by atoms with Crippen molar-refractivity contribution in [3.8, 4) is 0 Å². The maximum Gasteiger partial charge on any atom is 0.129 e. The van der Waals surface area contributed by atoms with Gasteiger partial charge in [-0.15, -0.1) is 0 Å². The first-order chi connectivity index (χ1) is 5.77. The minimum atomic E-state index is -0.190. The molecule has 1 aliphatic heterocycles. The Labute approximate surface area is 75.5 Å². The summed E-state index contributed by atoms with van der Waals surface area (Å²) in [5.41, 5.74) is 1.62. The topological polar surface area (TPSA) is 12.0 Å². The summed E-state index contributed by atoms with van der Waals surface area (Å²) in [4.78, 5) is 0. The first-order valence-electron chi connectivity index (χ1n) is 3.99. The molecule has 0 amide bonds. The molecule has 0 bridgehead atoms. The Morgan fingerprint density at radius 3 is 3.08 bits per heavy atom. The van der Waals surface area contributed by atoms with Crippen LogP contribution in [0.15, 0.2) is 12.1 Å². The fraction of sp³-hybridized carbons (Fsp3) is 0.333. The van der Waals surface area contributed by atoms with E-state index >= 15 is 0 Å². The number of fused-ring (bicyclic) bond motifs is 1. The van der Waals surface area contributed by atoms with Crippen LogP contribution in [0.1, 0.15) is 12.0 Å². The largest absolute Gasteiger partial charge is 0.385 e. The van der Waals surface area contributed by atoms with Crippen molar-refractivity contribution in [2.24, 2.45) is 0 Å². The van der Waals surface area contributed by atoms with Gasteiger partial charge in [0.15, 0.2) is 0 Å². The van der Waals surface area contributed by atoms with Gasteiger partial charge < -0.3 is 5.32 Å². The molecule has 1 aliphatic rings. The Kier molecular flexibility index (Phi) is 1.93. The lowest BCUT2D eigenvalue weighted by Crippen LogP contribution is -2.12. The van der Waals surface area contributed by atoms with Crippen molar-refractivity contribution in [1.82, 2.24) is 0 Å². The Hall–Kier alpha value is -0.760. The zero-order valence-electron chi connectivity index (χ0n) is 6.53. The van der Waals surface area contributed by atoms with Gasteiger partial charge in [0.1, 0.15) is 5.82 Å². The third kappa shape index (κ3) is 1.27. The molecule has 64 valence electrons. The van der Waals surface area contributed by atoms with Crippen molar-refractivity contribution in [3.05, 3.63) is 28.5 Å². The van der Waals surface area contributed by atoms with Crippen LogP contribution in [0, 0.1) is 5.82 Å². The van der Waals surface area contributed by atoms with Crippen LogP contribution in [0.25, 0.3) is 0 Å². The first-order valence-corrected chi connectivity index (χ1v) is 4.37. The highest BCUT2D eigenvalue weighted by atomic mass is 35.5. The maximum atomic E-state index is 13.2.